The van der Waals surface area contributed by atoms with Crippen LogP contribution < -0.4 is 5.73 Å². The largest absolute Gasteiger partial charge is 0.468 e. The summed E-state index contributed by atoms with van der Waals surface area (Å²) in [4.78, 5) is 11.7. The third kappa shape index (κ3) is 2.69. The zero-order valence-corrected chi connectivity index (χ0v) is 10.2. The molecule has 1 saturated heterocycles. The Morgan fingerprint density at radius 2 is 1.60 bits per heavy atom. The van der Waals surface area contributed by atoms with Crippen LogP contribution >= 0.6 is 0 Å². The van der Waals surface area contributed by atoms with Crippen molar-refractivity contribution in [1.82, 2.24) is 0 Å². The third-order valence-corrected chi connectivity index (χ3v) is 2.63. The fraction of sp³-hybridized carbons (Fsp3) is 0.909. The number of carbonyl (C=O) groups is 1. The van der Waals surface area contributed by atoms with Crippen LogP contribution in [-0.2, 0) is 14.3 Å². The van der Waals surface area contributed by atoms with E-state index in [0.717, 1.165) is 0 Å². The smallest absolute Gasteiger partial charge is 0.326 e. The first kappa shape index (κ1) is 12.5. The Morgan fingerprint density at radius 3 is 1.93 bits per heavy atom. The molecule has 0 unspecified atom stereocenters. The lowest BCUT2D eigenvalue weighted by atomic mass is 9.75. The van der Waals surface area contributed by atoms with Crippen molar-refractivity contribution in [3.8, 4) is 0 Å². The summed E-state index contributed by atoms with van der Waals surface area (Å²) in [7, 11) is 1.37. The molecule has 1 rings (SSSR count). The van der Waals surface area contributed by atoms with Crippen molar-refractivity contribution in [2.24, 2.45) is 5.73 Å². The van der Waals surface area contributed by atoms with Crippen molar-refractivity contribution >= 4 is 5.97 Å². The van der Waals surface area contributed by atoms with E-state index in [2.05, 4.69) is 0 Å². The Balaban J connectivity index is 2.97. The molecule has 1 heterocycles. The van der Waals surface area contributed by atoms with Gasteiger partial charge in [-0.2, -0.15) is 0 Å². The Morgan fingerprint density at radius 1 is 1.20 bits per heavy atom. The number of esters is 1. The molecular formula is C11H21NO3. The van der Waals surface area contributed by atoms with E-state index in [1.165, 1.54) is 7.11 Å². The van der Waals surface area contributed by atoms with E-state index in [9.17, 15) is 4.79 Å². The summed E-state index contributed by atoms with van der Waals surface area (Å²) in [6.45, 7) is 7.77. The highest BCUT2D eigenvalue weighted by molar-refractivity contribution is 5.81. The number of ether oxygens (including phenoxy) is 2. The SMILES string of the molecule is COC(=O)C1(N)CC(C)(C)OC(C)(C)C1. The standard InChI is InChI=1S/C11H21NO3/c1-9(2)6-11(12,8(13)14-5)7-10(3,4)15-9/h6-7,12H2,1-5H3. The highest BCUT2D eigenvalue weighted by Crippen LogP contribution is 2.40. The minimum Gasteiger partial charge on any atom is -0.468 e. The third-order valence-electron chi connectivity index (χ3n) is 2.63. The van der Waals surface area contributed by atoms with E-state index in [-0.39, 0.29) is 5.97 Å². The predicted octanol–water partition coefficient (Wildman–Crippen LogP) is 1.22. The van der Waals surface area contributed by atoms with Crippen molar-refractivity contribution < 1.29 is 14.3 Å². The van der Waals surface area contributed by atoms with Gasteiger partial charge in [-0.1, -0.05) is 0 Å². The summed E-state index contributed by atoms with van der Waals surface area (Å²) in [5, 5.41) is 0. The van der Waals surface area contributed by atoms with Crippen LogP contribution in [0.15, 0.2) is 0 Å². The molecule has 0 saturated carbocycles. The van der Waals surface area contributed by atoms with Gasteiger partial charge in [0.25, 0.3) is 0 Å². The molecule has 0 spiro atoms. The normalized spacial score (nSPS) is 27.1. The molecule has 0 aromatic carbocycles. The fourth-order valence-electron chi connectivity index (χ4n) is 2.75. The monoisotopic (exact) mass is 215 g/mol. The van der Waals surface area contributed by atoms with Crippen molar-refractivity contribution in [3.63, 3.8) is 0 Å². The maximum atomic E-state index is 11.7. The number of carbonyl (C=O) groups excluding carboxylic acids is 1. The molecule has 0 radical (unpaired) electrons. The Bertz CT molecular complexity index is 255. The van der Waals surface area contributed by atoms with Crippen molar-refractivity contribution in [1.29, 1.82) is 0 Å². The number of hydrogen-bond acceptors (Lipinski definition) is 4. The second kappa shape index (κ2) is 3.46. The highest BCUT2D eigenvalue weighted by Gasteiger charge is 2.51. The minimum absolute atomic E-state index is 0.355. The predicted molar refractivity (Wildman–Crippen MR) is 57.4 cm³/mol. The molecule has 0 atom stereocenters. The summed E-state index contributed by atoms with van der Waals surface area (Å²) < 4.78 is 10.6. The van der Waals surface area contributed by atoms with E-state index in [0.29, 0.717) is 12.8 Å². The number of methoxy groups -OCH3 is 1. The Labute approximate surface area is 91.1 Å². The van der Waals surface area contributed by atoms with Gasteiger partial charge in [-0.05, 0) is 27.7 Å². The van der Waals surface area contributed by atoms with Crippen LogP contribution in [-0.4, -0.2) is 29.8 Å². The van der Waals surface area contributed by atoms with Gasteiger partial charge < -0.3 is 15.2 Å². The van der Waals surface area contributed by atoms with Crippen LogP contribution in [0.25, 0.3) is 0 Å². The molecule has 0 bridgehead atoms. The maximum Gasteiger partial charge on any atom is 0.326 e. The molecule has 0 amide bonds. The second-order valence-electron chi connectivity index (χ2n) is 5.62. The van der Waals surface area contributed by atoms with Crippen LogP contribution in [0.1, 0.15) is 40.5 Å². The summed E-state index contributed by atoms with van der Waals surface area (Å²) in [5.41, 5.74) is 4.38. The molecule has 1 aliphatic rings. The van der Waals surface area contributed by atoms with Gasteiger partial charge in [0.15, 0.2) is 0 Å². The highest BCUT2D eigenvalue weighted by atomic mass is 16.5. The van der Waals surface area contributed by atoms with Crippen molar-refractivity contribution in [2.75, 3.05) is 7.11 Å². The quantitative estimate of drug-likeness (QED) is 0.668. The van der Waals surface area contributed by atoms with Gasteiger partial charge in [0.2, 0.25) is 0 Å². The van der Waals surface area contributed by atoms with Crippen LogP contribution in [0.5, 0.6) is 0 Å². The van der Waals surface area contributed by atoms with Gasteiger partial charge in [0.1, 0.15) is 5.54 Å². The zero-order chi connectivity index (χ0) is 11.9. The average Bonchev–Trinajstić information content (AvgIpc) is 1.95. The first-order valence-electron chi connectivity index (χ1n) is 5.18. The van der Waals surface area contributed by atoms with E-state index in [1.807, 2.05) is 27.7 Å². The molecule has 0 aromatic heterocycles. The van der Waals surface area contributed by atoms with E-state index in [4.69, 9.17) is 15.2 Å². The van der Waals surface area contributed by atoms with Gasteiger partial charge >= 0.3 is 5.97 Å². The lowest BCUT2D eigenvalue weighted by Crippen LogP contribution is -2.62. The molecule has 0 aromatic rings. The number of rotatable bonds is 1. The zero-order valence-electron chi connectivity index (χ0n) is 10.2. The van der Waals surface area contributed by atoms with Crippen LogP contribution in [0.2, 0.25) is 0 Å². The molecule has 0 aliphatic carbocycles. The minimum atomic E-state index is -0.931. The Hall–Kier alpha value is -0.610. The van der Waals surface area contributed by atoms with Crippen LogP contribution in [0, 0.1) is 0 Å². The molecule has 15 heavy (non-hydrogen) atoms. The topological polar surface area (TPSA) is 61.5 Å². The maximum absolute atomic E-state index is 11.7. The van der Waals surface area contributed by atoms with E-state index < -0.39 is 16.7 Å². The van der Waals surface area contributed by atoms with Gasteiger partial charge in [0, 0.05) is 12.8 Å². The summed E-state index contributed by atoms with van der Waals surface area (Å²) in [6.07, 6.45) is 0.964. The molecule has 2 N–H and O–H groups in total. The first-order chi connectivity index (χ1) is 6.60. The summed E-state index contributed by atoms with van der Waals surface area (Å²) in [5.74, 6) is -0.355. The second-order valence-corrected chi connectivity index (χ2v) is 5.62. The molecule has 4 heteroatoms. The lowest BCUT2D eigenvalue weighted by molar-refractivity contribution is -0.192. The van der Waals surface area contributed by atoms with Gasteiger partial charge in [0.05, 0.1) is 18.3 Å². The Kier molecular flexibility index (Phi) is 2.87. The lowest BCUT2D eigenvalue weighted by Gasteiger charge is -2.48. The fourth-order valence-corrected chi connectivity index (χ4v) is 2.75. The van der Waals surface area contributed by atoms with Crippen LogP contribution in [0.3, 0.4) is 0 Å². The van der Waals surface area contributed by atoms with Crippen molar-refractivity contribution in [3.05, 3.63) is 0 Å². The van der Waals surface area contributed by atoms with E-state index >= 15 is 0 Å². The summed E-state index contributed by atoms with van der Waals surface area (Å²) >= 11 is 0. The first-order valence-corrected chi connectivity index (χ1v) is 5.18. The molecular weight excluding hydrogens is 194 g/mol. The van der Waals surface area contributed by atoms with Gasteiger partial charge in [-0.25, -0.2) is 0 Å². The van der Waals surface area contributed by atoms with Crippen molar-refractivity contribution in [2.45, 2.75) is 57.3 Å². The summed E-state index contributed by atoms with van der Waals surface area (Å²) in [6, 6.07) is 0. The van der Waals surface area contributed by atoms with Crippen LogP contribution in [0.4, 0.5) is 0 Å². The van der Waals surface area contributed by atoms with Gasteiger partial charge in [-0.3, -0.25) is 4.79 Å². The molecule has 1 aliphatic heterocycles. The van der Waals surface area contributed by atoms with Gasteiger partial charge in [-0.15, -0.1) is 0 Å². The molecule has 1 fully saturated rings. The van der Waals surface area contributed by atoms with E-state index in [1.54, 1.807) is 0 Å². The number of nitrogens with two attached hydrogens (primary N) is 1. The number of hydrogen-bond donors (Lipinski definition) is 1. The average molecular weight is 215 g/mol. The molecule has 88 valence electrons. The molecule has 4 nitrogen and oxygen atoms in total.